The molecule has 2 heterocycles. The Kier molecular flexibility index (Phi) is 9.55. The minimum absolute atomic E-state index is 0.0136. The van der Waals surface area contributed by atoms with E-state index in [0.29, 0.717) is 23.6 Å². The molecule has 3 rings (SSSR count). The van der Waals surface area contributed by atoms with Gasteiger partial charge in [-0.3, -0.25) is 14.3 Å². The van der Waals surface area contributed by atoms with E-state index in [9.17, 15) is 9.59 Å². The highest BCUT2D eigenvalue weighted by molar-refractivity contribution is 6.74. The normalized spacial score (nSPS) is 16.8. The number of carbonyl (C=O) groups excluding carboxylic acids is 1. The monoisotopic (exact) mass is 560 g/mol. The number of nitrogens with one attached hydrogen (secondary N) is 1. The smallest absolute Gasteiger partial charge is 0.291 e. The summed E-state index contributed by atoms with van der Waals surface area (Å²) < 4.78 is 22.2. The van der Waals surface area contributed by atoms with Gasteiger partial charge < -0.3 is 19.0 Å². The van der Waals surface area contributed by atoms with Gasteiger partial charge in [-0.2, -0.15) is 0 Å². The highest BCUT2D eigenvalue weighted by atomic mass is 28.4. The second kappa shape index (κ2) is 12.0. The lowest BCUT2D eigenvalue weighted by atomic mass is 9.96. The predicted molar refractivity (Wildman–Crippen MR) is 157 cm³/mol. The number of carbonyl (C=O) groups is 1. The van der Waals surface area contributed by atoms with Gasteiger partial charge in [0.2, 0.25) is 0 Å². The summed E-state index contributed by atoms with van der Waals surface area (Å²) in [5, 5.41) is 6.96. The largest absolute Gasteiger partial charge is 0.411 e. The first-order valence-corrected chi connectivity index (χ1v) is 17.0. The Labute approximate surface area is 234 Å². The number of amides is 1. The molecule has 0 unspecified atom stereocenters. The lowest BCUT2D eigenvalue weighted by Crippen LogP contribution is -2.45. The number of nitrogens with zero attached hydrogens (tertiary/aromatic N) is 3. The Morgan fingerprint density at radius 1 is 1.23 bits per heavy atom. The molecule has 0 spiro atoms. The second-order valence-corrected chi connectivity index (χ2v) is 17.4. The predicted octanol–water partition coefficient (Wildman–Crippen LogP) is 6.59. The van der Waals surface area contributed by atoms with Crippen LogP contribution in [0.2, 0.25) is 18.1 Å². The molecule has 1 saturated carbocycles. The molecule has 1 amide bonds. The van der Waals surface area contributed by atoms with Gasteiger partial charge in [-0.05, 0) is 58.7 Å². The van der Waals surface area contributed by atoms with Crippen LogP contribution in [0.15, 0.2) is 21.5 Å². The van der Waals surface area contributed by atoms with Crippen LogP contribution < -0.4 is 10.9 Å². The van der Waals surface area contributed by atoms with Crippen molar-refractivity contribution in [3.8, 4) is 0 Å². The third-order valence-corrected chi connectivity index (χ3v) is 13.0. The Morgan fingerprint density at radius 2 is 1.85 bits per heavy atom. The molecule has 0 saturated heterocycles. The molecule has 0 aromatic carbocycles. The molecule has 0 radical (unpaired) electrons. The number of ether oxygens (including phenoxy) is 1. The second-order valence-electron chi connectivity index (χ2n) is 12.7. The Balaban J connectivity index is 1.89. The molecule has 2 aromatic rings. The summed E-state index contributed by atoms with van der Waals surface area (Å²) in [4.78, 5) is 26.8. The summed E-state index contributed by atoms with van der Waals surface area (Å²) in [6, 6.07) is 0.148. The van der Waals surface area contributed by atoms with Gasteiger partial charge >= 0.3 is 0 Å². The van der Waals surface area contributed by atoms with E-state index >= 15 is 0 Å². The van der Waals surface area contributed by atoms with Crippen LogP contribution in [0, 0.1) is 13.8 Å². The first kappa shape index (κ1) is 31.1. The van der Waals surface area contributed by atoms with Crippen LogP contribution in [-0.4, -0.2) is 41.5 Å². The van der Waals surface area contributed by atoms with Crippen LogP contribution in [0.4, 0.5) is 5.69 Å². The Bertz CT molecular complexity index is 1240. The fraction of sp³-hybridized carbons (Fsp3) is 0.690. The van der Waals surface area contributed by atoms with Crippen molar-refractivity contribution in [1.82, 2.24) is 14.5 Å². The van der Waals surface area contributed by atoms with E-state index in [1.54, 1.807) is 11.6 Å². The molecule has 0 aliphatic heterocycles. The van der Waals surface area contributed by atoms with Gasteiger partial charge in [0.25, 0.3) is 11.5 Å². The standard InChI is InChI=1S/C29H48N4O5Si/c1-18(2)17-36-26(21(5)38-39(10,11)29(6,7)8)25-19(3)23(31-37-25)27(34)30-24-20(4)32(9)33(28(24)35)22-15-13-12-14-16-22/h21-22,26H,1,12-17H2,2-11H3,(H,30,34)/t21-,26+/m0/s1. The molecule has 9 nitrogen and oxygen atoms in total. The molecule has 2 atom stereocenters. The van der Waals surface area contributed by atoms with Gasteiger partial charge in [0, 0.05) is 12.6 Å². The van der Waals surface area contributed by atoms with Crippen molar-refractivity contribution in [2.24, 2.45) is 7.05 Å². The van der Waals surface area contributed by atoms with Crippen LogP contribution >= 0.6 is 0 Å². The maximum atomic E-state index is 13.4. The molecule has 10 heteroatoms. The summed E-state index contributed by atoms with van der Waals surface area (Å²) in [5.74, 6) is -0.0438. The minimum atomic E-state index is -2.12. The number of hydrogen-bond acceptors (Lipinski definition) is 6. The molecule has 2 aromatic heterocycles. The zero-order valence-corrected chi connectivity index (χ0v) is 26.6. The number of anilines is 1. The molecular weight excluding hydrogens is 512 g/mol. The van der Waals surface area contributed by atoms with E-state index in [0.717, 1.165) is 31.3 Å². The molecule has 0 bridgehead atoms. The topological polar surface area (TPSA) is 101 Å². The molecule has 1 N–H and O–H groups in total. The van der Waals surface area contributed by atoms with Gasteiger partial charge in [-0.25, -0.2) is 4.68 Å². The van der Waals surface area contributed by atoms with E-state index in [-0.39, 0.29) is 34.1 Å². The Hall–Kier alpha value is -2.43. The molecule has 1 aliphatic carbocycles. The van der Waals surface area contributed by atoms with Crippen molar-refractivity contribution >= 4 is 19.9 Å². The van der Waals surface area contributed by atoms with Crippen molar-refractivity contribution in [2.75, 3.05) is 11.9 Å². The highest BCUT2D eigenvalue weighted by Gasteiger charge is 2.41. The number of hydrogen-bond donors (Lipinski definition) is 1. The summed E-state index contributed by atoms with van der Waals surface area (Å²) in [6.45, 7) is 22.7. The van der Waals surface area contributed by atoms with Crippen LogP contribution in [0.1, 0.15) is 106 Å². The SMILES string of the molecule is C=C(C)CO[C@@H](c1onc(C(=O)Nc2c(C)n(C)n(C3CCCCC3)c2=O)c1C)[C@H](C)O[Si](C)(C)C(C)(C)C. The third kappa shape index (κ3) is 6.66. The van der Waals surface area contributed by atoms with Crippen molar-refractivity contribution in [1.29, 1.82) is 0 Å². The van der Waals surface area contributed by atoms with Gasteiger partial charge in [0.15, 0.2) is 19.8 Å². The summed E-state index contributed by atoms with van der Waals surface area (Å²) >= 11 is 0. The highest BCUT2D eigenvalue weighted by Crippen LogP contribution is 2.40. The summed E-state index contributed by atoms with van der Waals surface area (Å²) in [6.07, 6.45) is 4.43. The fourth-order valence-corrected chi connectivity index (χ4v) is 6.37. The average molecular weight is 561 g/mol. The zero-order chi connectivity index (χ0) is 29.3. The fourth-order valence-electron chi connectivity index (χ4n) is 4.97. The maximum absolute atomic E-state index is 13.4. The van der Waals surface area contributed by atoms with E-state index < -0.39 is 20.3 Å². The molecule has 1 fully saturated rings. The first-order chi connectivity index (χ1) is 18.1. The quantitative estimate of drug-likeness (QED) is 0.260. The van der Waals surface area contributed by atoms with E-state index in [1.807, 2.05) is 32.5 Å². The number of aromatic nitrogens is 3. The minimum Gasteiger partial charge on any atom is -0.411 e. The molecule has 1 aliphatic rings. The van der Waals surface area contributed by atoms with Gasteiger partial charge in [0.1, 0.15) is 11.8 Å². The van der Waals surface area contributed by atoms with E-state index in [2.05, 4.69) is 50.9 Å². The average Bonchev–Trinajstić information content (AvgIpc) is 3.31. The lowest BCUT2D eigenvalue weighted by molar-refractivity contribution is -0.0308. The lowest BCUT2D eigenvalue weighted by Gasteiger charge is -2.40. The van der Waals surface area contributed by atoms with E-state index in [1.165, 1.54) is 6.42 Å². The maximum Gasteiger partial charge on any atom is 0.291 e. The van der Waals surface area contributed by atoms with Crippen LogP contribution in [0.25, 0.3) is 0 Å². The first-order valence-electron chi connectivity index (χ1n) is 14.1. The van der Waals surface area contributed by atoms with Crippen LogP contribution in [-0.2, 0) is 16.2 Å². The Morgan fingerprint density at radius 3 is 2.41 bits per heavy atom. The van der Waals surface area contributed by atoms with Crippen LogP contribution in [0.5, 0.6) is 0 Å². The zero-order valence-electron chi connectivity index (χ0n) is 25.6. The van der Waals surface area contributed by atoms with Crippen molar-refractivity contribution in [2.45, 2.75) is 117 Å². The summed E-state index contributed by atoms with van der Waals surface area (Å²) in [5.41, 5.74) is 2.35. The third-order valence-electron chi connectivity index (χ3n) is 8.41. The van der Waals surface area contributed by atoms with E-state index in [4.69, 9.17) is 13.7 Å². The van der Waals surface area contributed by atoms with Crippen LogP contribution in [0.3, 0.4) is 0 Å². The molecular formula is C29H48N4O5Si. The number of rotatable bonds is 10. The van der Waals surface area contributed by atoms with Crippen molar-refractivity contribution in [3.63, 3.8) is 0 Å². The van der Waals surface area contributed by atoms with Crippen molar-refractivity contribution in [3.05, 3.63) is 45.2 Å². The van der Waals surface area contributed by atoms with Gasteiger partial charge in [-0.15, -0.1) is 0 Å². The van der Waals surface area contributed by atoms with Gasteiger partial charge in [0.05, 0.1) is 24.4 Å². The van der Waals surface area contributed by atoms with Gasteiger partial charge in [-0.1, -0.05) is 57.3 Å². The molecule has 39 heavy (non-hydrogen) atoms. The molecule has 218 valence electrons. The van der Waals surface area contributed by atoms with Crippen molar-refractivity contribution < 1.29 is 18.5 Å². The summed E-state index contributed by atoms with van der Waals surface area (Å²) in [7, 11) is -0.248.